The van der Waals surface area contributed by atoms with Gasteiger partial charge < -0.3 is 10.1 Å². The summed E-state index contributed by atoms with van der Waals surface area (Å²) < 4.78 is 4.87. The molecule has 0 aliphatic carbocycles. The number of anilines is 1. The van der Waals surface area contributed by atoms with E-state index in [1.54, 1.807) is 6.92 Å². The molecule has 1 aromatic rings. The Balaban J connectivity index is 2.32. The number of ether oxygens (including phenoxy) is 1. The molecule has 130 valence electrons. The molecule has 0 bridgehead atoms. The van der Waals surface area contributed by atoms with E-state index in [1.165, 1.54) is 5.57 Å². The molecule has 0 aromatic heterocycles. The highest BCUT2D eigenvalue weighted by Crippen LogP contribution is 2.10. The molecule has 0 spiro atoms. The number of rotatable bonds is 10. The number of hydrogen-bond acceptors (Lipinski definition) is 4. The molecule has 0 atom stereocenters. The molecule has 4 heteroatoms. The van der Waals surface area contributed by atoms with Crippen molar-refractivity contribution in [2.45, 2.75) is 40.2 Å². The summed E-state index contributed by atoms with van der Waals surface area (Å²) in [6.45, 7) is 7.29. The van der Waals surface area contributed by atoms with Crippen molar-refractivity contribution in [3.8, 4) is 0 Å². The molecule has 0 unspecified atom stereocenters. The van der Waals surface area contributed by atoms with Gasteiger partial charge in [0.1, 0.15) is 6.54 Å². The molecular weight excluding hydrogens is 300 g/mol. The van der Waals surface area contributed by atoms with E-state index in [0.717, 1.165) is 24.1 Å². The summed E-state index contributed by atoms with van der Waals surface area (Å²) in [5, 5.41) is 3.03. The monoisotopic (exact) mass is 328 g/mol. The van der Waals surface area contributed by atoms with Crippen molar-refractivity contribution in [3.63, 3.8) is 0 Å². The first-order valence-corrected chi connectivity index (χ1v) is 8.45. The molecule has 24 heavy (non-hydrogen) atoms. The SMILES string of the molecule is CC/C=C(C)\C=C/CC=NCc1ccc(NCC(=O)OCC)cc1. The van der Waals surface area contributed by atoms with Crippen molar-refractivity contribution >= 4 is 17.9 Å². The van der Waals surface area contributed by atoms with Gasteiger partial charge in [0.05, 0.1) is 13.2 Å². The summed E-state index contributed by atoms with van der Waals surface area (Å²) in [6, 6.07) is 7.91. The highest BCUT2D eigenvalue weighted by Gasteiger charge is 2.00. The van der Waals surface area contributed by atoms with Crippen molar-refractivity contribution in [2.24, 2.45) is 4.99 Å². The Morgan fingerprint density at radius 1 is 1.25 bits per heavy atom. The molecule has 4 nitrogen and oxygen atoms in total. The minimum atomic E-state index is -0.247. The largest absolute Gasteiger partial charge is 0.465 e. The minimum absolute atomic E-state index is 0.184. The lowest BCUT2D eigenvalue weighted by Crippen LogP contribution is -2.16. The van der Waals surface area contributed by atoms with Crippen LogP contribution in [0.3, 0.4) is 0 Å². The number of nitrogens with zero attached hydrogens (tertiary/aromatic N) is 1. The summed E-state index contributed by atoms with van der Waals surface area (Å²) >= 11 is 0. The molecule has 0 saturated carbocycles. The second kappa shape index (κ2) is 12.1. The average Bonchev–Trinajstić information content (AvgIpc) is 2.57. The normalized spacial score (nSPS) is 12.0. The number of carbonyl (C=O) groups is 1. The van der Waals surface area contributed by atoms with Crippen LogP contribution in [-0.4, -0.2) is 25.3 Å². The summed E-state index contributed by atoms with van der Waals surface area (Å²) in [5.41, 5.74) is 3.33. The van der Waals surface area contributed by atoms with Crippen molar-refractivity contribution in [1.82, 2.24) is 0 Å². The lowest BCUT2D eigenvalue weighted by atomic mass is 10.2. The molecule has 1 aromatic carbocycles. The summed E-state index contributed by atoms with van der Waals surface area (Å²) in [7, 11) is 0. The topological polar surface area (TPSA) is 50.7 Å². The van der Waals surface area contributed by atoms with E-state index in [-0.39, 0.29) is 12.5 Å². The van der Waals surface area contributed by atoms with Crippen LogP contribution in [-0.2, 0) is 16.1 Å². The molecule has 0 aliphatic rings. The standard InChI is InChI=1S/C20H28N2O2/c1-4-8-17(3)9-6-7-14-21-15-18-10-12-19(13-11-18)22-16-20(23)24-5-2/h6,8-14,22H,4-5,7,15-16H2,1-3H3/b9-6-,17-8-,21-14?. The maximum atomic E-state index is 11.3. The van der Waals surface area contributed by atoms with Crippen LogP contribution < -0.4 is 5.32 Å². The van der Waals surface area contributed by atoms with E-state index in [9.17, 15) is 4.79 Å². The zero-order valence-corrected chi connectivity index (χ0v) is 14.9. The molecular formula is C20H28N2O2. The third-order valence-electron chi connectivity index (χ3n) is 3.25. The highest BCUT2D eigenvalue weighted by atomic mass is 16.5. The minimum Gasteiger partial charge on any atom is -0.465 e. The van der Waals surface area contributed by atoms with Gasteiger partial charge in [0.2, 0.25) is 0 Å². The highest BCUT2D eigenvalue weighted by molar-refractivity contribution is 5.74. The van der Waals surface area contributed by atoms with Gasteiger partial charge in [-0.2, -0.15) is 0 Å². The van der Waals surface area contributed by atoms with Gasteiger partial charge in [-0.1, -0.05) is 42.9 Å². The number of allylic oxidation sites excluding steroid dienone is 4. The van der Waals surface area contributed by atoms with Crippen LogP contribution in [0.25, 0.3) is 0 Å². The van der Waals surface area contributed by atoms with E-state index in [2.05, 4.69) is 42.4 Å². The Morgan fingerprint density at radius 3 is 2.67 bits per heavy atom. The first kappa shape index (κ1) is 19.7. The predicted octanol–water partition coefficient (Wildman–Crippen LogP) is 4.54. The number of nitrogens with one attached hydrogen (secondary N) is 1. The summed E-state index contributed by atoms with van der Waals surface area (Å²) in [5.74, 6) is -0.247. The fourth-order valence-electron chi connectivity index (χ4n) is 2.06. The van der Waals surface area contributed by atoms with Gasteiger partial charge in [-0.3, -0.25) is 9.79 Å². The Morgan fingerprint density at radius 2 is 2.00 bits per heavy atom. The van der Waals surface area contributed by atoms with Gasteiger partial charge >= 0.3 is 5.97 Å². The lowest BCUT2D eigenvalue weighted by molar-refractivity contribution is -0.140. The van der Waals surface area contributed by atoms with Crippen LogP contribution >= 0.6 is 0 Å². The molecule has 1 rings (SSSR count). The van der Waals surface area contributed by atoms with E-state index >= 15 is 0 Å². The van der Waals surface area contributed by atoms with Crippen LogP contribution in [0.2, 0.25) is 0 Å². The van der Waals surface area contributed by atoms with Gasteiger partial charge in [0.25, 0.3) is 0 Å². The molecule has 0 heterocycles. The fraction of sp³-hybridized carbons (Fsp3) is 0.400. The molecule has 0 aliphatic heterocycles. The lowest BCUT2D eigenvalue weighted by Gasteiger charge is -2.06. The maximum absolute atomic E-state index is 11.3. The second-order valence-corrected chi connectivity index (χ2v) is 5.37. The Hall–Kier alpha value is -2.36. The van der Waals surface area contributed by atoms with Gasteiger partial charge in [0.15, 0.2) is 0 Å². The van der Waals surface area contributed by atoms with Crippen LogP contribution in [0.4, 0.5) is 5.69 Å². The van der Waals surface area contributed by atoms with Crippen molar-refractivity contribution in [1.29, 1.82) is 0 Å². The summed E-state index contributed by atoms with van der Waals surface area (Å²) in [4.78, 5) is 15.7. The number of aliphatic imine (C=N–C) groups is 1. The third-order valence-corrected chi connectivity index (χ3v) is 3.25. The fourth-order valence-corrected chi connectivity index (χ4v) is 2.06. The van der Waals surface area contributed by atoms with E-state index in [0.29, 0.717) is 13.2 Å². The zero-order chi connectivity index (χ0) is 17.6. The van der Waals surface area contributed by atoms with Crippen molar-refractivity contribution in [3.05, 3.63) is 53.6 Å². The third kappa shape index (κ3) is 8.93. The molecule has 0 fully saturated rings. The van der Waals surface area contributed by atoms with E-state index in [1.807, 2.05) is 30.5 Å². The number of hydrogen-bond donors (Lipinski definition) is 1. The zero-order valence-electron chi connectivity index (χ0n) is 14.9. The second-order valence-electron chi connectivity index (χ2n) is 5.37. The molecule has 0 saturated heterocycles. The van der Waals surface area contributed by atoms with Gasteiger partial charge in [-0.15, -0.1) is 0 Å². The van der Waals surface area contributed by atoms with Crippen molar-refractivity contribution < 1.29 is 9.53 Å². The predicted molar refractivity (Wildman–Crippen MR) is 102 cm³/mol. The average molecular weight is 328 g/mol. The Bertz CT molecular complexity index is 572. The quantitative estimate of drug-likeness (QED) is 0.390. The van der Waals surface area contributed by atoms with Gasteiger partial charge in [0, 0.05) is 18.3 Å². The van der Waals surface area contributed by atoms with Crippen molar-refractivity contribution in [2.75, 3.05) is 18.5 Å². The van der Waals surface area contributed by atoms with E-state index in [4.69, 9.17) is 4.74 Å². The van der Waals surface area contributed by atoms with Gasteiger partial charge in [-0.05, 0) is 38.0 Å². The Kier molecular flexibility index (Phi) is 9.93. The Labute approximate surface area is 145 Å². The summed E-state index contributed by atoms with van der Waals surface area (Å²) in [6.07, 6.45) is 10.3. The molecule has 0 amide bonds. The smallest absolute Gasteiger partial charge is 0.325 e. The molecule has 1 N–H and O–H groups in total. The van der Waals surface area contributed by atoms with E-state index < -0.39 is 0 Å². The van der Waals surface area contributed by atoms with Crippen LogP contribution in [0.15, 0.2) is 53.1 Å². The number of benzene rings is 1. The number of carbonyl (C=O) groups excluding carboxylic acids is 1. The van der Waals surface area contributed by atoms with Gasteiger partial charge in [-0.25, -0.2) is 0 Å². The number of esters is 1. The van der Waals surface area contributed by atoms with Crippen LogP contribution in [0.5, 0.6) is 0 Å². The van der Waals surface area contributed by atoms with Crippen LogP contribution in [0, 0.1) is 0 Å². The first-order valence-electron chi connectivity index (χ1n) is 8.45. The van der Waals surface area contributed by atoms with Crippen LogP contribution in [0.1, 0.15) is 39.2 Å². The maximum Gasteiger partial charge on any atom is 0.325 e. The molecule has 0 radical (unpaired) electrons. The first-order chi connectivity index (χ1) is 11.7.